The lowest BCUT2D eigenvalue weighted by Crippen LogP contribution is -1.86. The topological polar surface area (TPSA) is 64.9 Å². The normalized spacial score (nSPS) is 10.8. The van der Waals surface area contributed by atoms with Gasteiger partial charge in [-0.2, -0.15) is 0 Å². The lowest BCUT2D eigenvalue weighted by atomic mass is 10.2. The first-order chi connectivity index (χ1) is 6.59. The molecule has 5 heteroatoms. The summed E-state index contributed by atoms with van der Waals surface area (Å²) in [7, 11) is 0. The molecular weight excluding hydrogens is 198 g/mol. The Hall–Kier alpha value is -1.36. The number of anilines is 1. The van der Waals surface area contributed by atoms with E-state index in [-0.39, 0.29) is 0 Å². The predicted molar refractivity (Wildman–Crippen MR) is 56.2 cm³/mol. The molecule has 2 heterocycles. The summed E-state index contributed by atoms with van der Waals surface area (Å²) in [5, 5.41) is 4.74. The zero-order chi connectivity index (χ0) is 10.3. The highest BCUT2D eigenvalue weighted by Gasteiger charge is 2.16. The van der Waals surface area contributed by atoms with E-state index in [2.05, 4.69) is 10.1 Å². The SMILES string of the molecule is Cc1nc(C)c(-c2onc(N)c2C)s1. The third kappa shape index (κ3) is 1.29. The van der Waals surface area contributed by atoms with E-state index in [0.29, 0.717) is 5.82 Å². The van der Waals surface area contributed by atoms with Crippen molar-refractivity contribution >= 4 is 17.2 Å². The van der Waals surface area contributed by atoms with Crippen LogP contribution in [0, 0.1) is 20.8 Å². The van der Waals surface area contributed by atoms with Crippen LogP contribution < -0.4 is 5.73 Å². The van der Waals surface area contributed by atoms with Crippen molar-refractivity contribution in [2.75, 3.05) is 5.73 Å². The fourth-order valence-electron chi connectivity index (χ4n) is 1.30. The highest BCUT2D eigenvalue weighted by Crippen LogP contribution is 2.33. The minimum absolute atomic E-state index is 0.449. The Bertz CT molecular complexity index is 472. The van der Waals surface area contributed by atoms with E-state index < -0.39 is 0 Å². The number of thiazole rings is 1. The molecule has 0 atom stereocenters. The van der Waals surface area contributed by atoms with E-state index in [1.807, 2.05) is 20.8 Å². The number of nitrogens with two attached hydrogens (primary N) is 1. The van der Waals surface area contributed by atoms with Crippen molar-refractivity contribution in [3.05, 3.63) is 16.3 Å². The molecule has 0 radical (unpaired) electrons. The summed E-state index contributed by atoms with van der Waals surface area (Å²) in [6.07, 6.45) is 0. The smallest absolute Gasteiger partial charge is 0.183 e. The number of aryl methyl sites for hydroxylation is 2. The molecule has 0 aliphatic heterocycles. The van der Waals surface area contributed by atoms with Crippen molar-refractivity contribution in [1.29, 1.82) is 0 Å². The average molecular weight is 209 g/mol. The summed E-state index contributed by atoms with van der Waals surface area (Å²) >= 11 is 1.59. The van der Waals surface area contributed by atoms with Gasteiger partial charge in [-0.25, -0.2) is 4.98 Å². The quantitative estimate of drug-likeness (QED) is 0.782. The van der Waals surface area contributed by atoms with Crippen LogP contribution in [0.4, 0.5) is 5.82 Å². The summed E-state index contributed by atoms with van der Waals surface area (Å²) < 4.78 is 5.17. The predicted octanol–water partition coefficient (Wildman–Crippen LogP) is 2.31. The van der Waals surface area contributed by atoms with Gasteiger partial charge in [0.1, 0.15) is 0 Å². The second-order valence-electron chi connectivity index (χ2n) is 3.17. The number of nitrogen functional groups attached to an aromatic ring is 1. The Kier molecular flexibility index (Phi) is 2.03. The molecule has 0 aliphatic rings. The van der Waals surface area contributed by atoms with Crippen molar-refractivity contribution in [2.45, 2.75) is 20.8 Å². The summed E-state index contributed by atoms with van der Waals surface area (Å²) in [6.45, 7) is 5.82. The Morgan fingerprint density at radius 2 is 2.00 bits per heavy atom. The molecule has 0 bridgehead atoms. The molecule has 0 saturated heterocycles. The molecule has 0 aliphatic carbocycles. The third-order valence-electron chi connectivity index (χ3n) is 2.07. The van der Waals surface area contributed by atoms with Gasteiger partial charge in [-0.05, 0) is 20.8 Å². The Balaban J connectivity index is 2.59. The minimum Gasteiger partial charge on any atom is -0.381 e. The Morgan fingerprint density at radius 1 is 1.29 bits per heavy atom. The van der Waals surface area contributed by atoms with E-state index in [9.17, 15) is 0 Å². The van der Waals surface area contributed by atoms with Gasteiger partial charge in [-0.1, -0.05) is 5.16 Å². The van der Waals surface area contributed by atoms with Crippen molar-refractivity contribution in [1.82, 2.24) is 10.1 Å². The Morgan fingerprint density at radius 3 is 2.43 bits per heavy atom. The van der Waals surface area contributed by atoms with E-state index >= 15 is 0 Å². The van der Waals surface area contributed by atoms with Crippen molar-refractivity contribution in [3.8, 4) is 10.6 Å². The number of nitrogens with zero attached hydrogens (tertiary/aromatic N) is 2. The van der Waals surface area contributed by atoms with Crippen LogP contribution in [0.15, 0.2) is 4.52 Å². The summed E-state index contributed by atoms with van der Waals surface area (Å²) in [5.41, 5.74) is 7.46. The lowest BCUT2D eigenvalue weighted by molar-refractivity contribution is 0.436. The van der Waals surface area contributed by atoms with Crippen molar-refractivity contribution in [3.63, 3.8) is 0 Å². The average Bonchev–Trinajstić information content (AvgIpc) is 2.59. The molecule has 14 heavy (non-hydrogen) atoms. The van der Waals surface area contributed by atoms with Gasteiger partial charge in [0.05, 0.1) is 15.6 Å². The van der Waals surface area contributed by atoms with Gasteiger partial charge in [0.2, 0.25) is 0 Å². The van der Waals surface area contributed by atoms with Crippen LogP contribution in [-0.2, 0) is 0 Å². The standard InChI is InChI=1S/C9H11N3OS/c1-4-7(13-12-9(4)10)8-5(2)11-6(3)14-8/h1-3H3,(H2,10,12). The number of aromatic nitrogens is 2. The minimum atomic E-state index is 0.449. The summed E-state index contributed by atoms with van der Waals surface area (Å²) in [4.78, 5) is 5.35. The van der Waals surface area contributed by atoms with E-state index in [1.165, 1.54) is 0 Å². The molecule has 0 aromatic carbocycles. The molecule has 0 unspecified atom stereocenters. The zero-order valence-corrected chi connectivity index (χ0v) is 9.10. The van der Waals surface area contributed by atoms with Crippen LogP contribution in [-0.4, -0.2) is 10.1 Å². The first-order valence-electron chi connectivity index (χ1n) is 4.25. The highest BCUT2D eigenvalue weighted by atomic mass is 32.1. The lowest BCUT2D eigenvalue weighted by Gasteiger charge is -1.92. The summed E-state index contributed by atoms with van der Waals surface area (Å²) in [5.74, 6) is 1.19. The number of rotatable bonds is 1. The number of hydrogen-bond acceptors (Lipinski definition) is 5. The molecule has 4 nitrogen and oxygen atoms in total. The van der Waals surface area contributed by atoms with Crippen LogP contribution in [0.3, 0.4) is 0 Å². The highest BCUT2D eigenvalue weighted by molar-refractivity contribution is 7.15. The molecule has 2 N–H and O–H groups in total. The molecular formula is C9H11N3OS. The maximum absolute atomic E-state index is 5.61. The van der Waals surface area contributed by atoms with Gasteiger partial charge >= 0.3 is 0 Å². The van der Waals surface area contributed by atoms with Crippen molar-refractivity contribution < 1.29 is 4.52 Å². The first-order valence-corrected chi connectivity index (χ1v) is 5.07. The van der Waals surface area contributed by atoms with Crippen LogP contribution in [0.2, 0.25) is 0 Å². The molecule has 0 saturated carbocycles. The van der Waals surface area contributed by atoms with E-state index in [1.54, 1.807) is 11.3 Å². The van der Waals surface area contributed by atoms with Crippen LogP contribution >= 0.6 is 11.3 Å². The second-order valence-corrected chi connectivity index (χ2v) is 4.37. The van der Waals surface area contributed by atoms with Gasteiger partial charge in [0, 0.05) is 5.56 Å². The van der Waals surface area contributed by atoms with E-state index in [0.717, 1.165) is 26.9 Å². The molecule has 2 aromatic heterocycles. The van der Waals surface area contributed by atoms with Crippen LogP contribution in [0.25, 0.3) is 10.6 Å². The van der Waals surface area contributed by atoms with Gasteiger partial charge < -0.3 is 10.3 Å². The molecule has 0 amide bonds. The maximum Gasteiger partial charge on any atom is 0.183 e. The van der Waals surface area contributed by atoms with Gasteiger partial charge in [-0.3, -0.25) is 0 Å². The van der Waals surface area contributed by atoms with Gasteiger partial charge in [-0.15, -0.1) is 11.3 Å². The first kappa shape index (κ1) is 9.21. The molecule has 74 valence electrons. The zero-order valence-electron chi connectivity index (χ0n) is 8.29. The summed E-state index contributed by atoms with van der Waals surface area (Å²) in [6, 6.07) is 0. The molecule has 0 spiro atoms. The van der Waals surface area contributed by atoms with Gasteiger partial charge in [0.15, 0.2) is 11.6 Å². The largest absolute Gasteiger partial charge is 0.381 e. The molecule has 2 aromatic rings. The fraction of sp³-hybridized carbons (Fsp3) is 0.333. The number of hydrogen-bond donors (Lipinski definition) is 1. The monoisotopic (exact) mass is 209 g/mol. The Labute approximate surface area is 85.7 Å². The maximum atomic E-state index is 5.61. The fourth-order valence-corrected chi connectivity index (χ4v) is 2.26. The van der Waals surface area contributed by atoms with Crippen LogP contribution in [0.1, 0.15) is 16.3 Å². The molecule has 2 rings (SSSR count). The van der Waals surface area contributed by atoms with Gasteiger partial charge in [0.25, 0.3) is 0 Å². The van der Waals surface area contributed by atoms with E-state index in [4.69, 9.17) is 10.3 Å². The second kappa shape index (κ2) is 3.09. The molecule has 0 fully saturated rings. The third-order valence-corrected chi connectivity index (χ3v) is 3.14. The van der Waals surface area contributed by atoms with Crippen molar-refractivity contribution in [2.24, 2.45) is 0 Å². The van der Waals surface area contributed by atoms with Crippen LogP contribution in [0.5, 0.6) is 0 Å².